The Labute approximate surface area is 194 Å². The quantitative estimate of drug-likeness (QED) is 0.487. The van der Waals surface area contributed by atoms with E-state index in [9.17, 15) is 9.59 Å². The molecule has 1 saturated heterocycles. The summed E-state index contributed by atoms with van der Waals surface area (Å²) in [4.78, 5) is 27.8. The molecule has 0 unspecified atom stereocenters. The first kappa shape index (κ1) is 24.4. The van der Waals surface area contributed by atoms with Gasteiger partial charge in [0.25, 0.3) is 6.29 Å². The van der Waals surface area contributed by atoms with Crippen LogP contribution >= 0.6 is 0 Å². The van der Waals surface area contributed by atoms with E-state index in [1.807, 2.05) is 9.80 Å². The molecule has 0 radical (unpaired) electrons. The maximum atomic E-state index is 13.0. The minimum Gasteiger partial charge on any atom is -0.494 e. The Morgan fingerprint density at radius 2 is 1.79 bits per heavy atom. The highest BCUT2D eigenvalue weighted by molar-refractivity contribution is 5.77. The molecule has 1 heterocycles. The molecule has 0 spiro atoms. The Hall–Kier alpha value is -3.26. The summed E-state index contributed by atoms with van der Waals surface area (Å²) in [5.41, 5.74) is 2.33. The molecule has 2 atom stereocenters. The van der Waals surface area contributed by atoms with Gasteiger partial charge in [0, 0.05) is 33.2 Å². The molecule has 2 aromatic rings. The zero-order valence-corrected chi connectivity index (χ0v) is 19.4. The number of carboxylic acid groups (broad SMARTS) is 1. The second kappa shape index (κ2) is 11.6. The highest BCUT2D eigenvalue weighted by atomic mass is 16.7. The third-order valence-corrected chi connectivity index (χ3v) is 5.55. The van der Waals surface area contributed by atoms with E-state index in [-0.39, 0.29) is 12.1 Å². The molecule has 1 aliphatic heterocycles. The molecular weight excluding hydrogens is 424 g/mol. The van der Waals surface area contributed by atoms with Crippen molar-refractivity contribution in [2.24, 2.45) is 0 Å². The zero-order valence-electron chi connectivity index (χ0n) is 19.4. The van der Waals surface area contributed by atoms with Crippen molar-refractivity contribution < 1.29 is 28.9 Å². The van der Waals surface area contributed by atoms with Crippen molar-refractivity contribution in [1.82, 2.24) is 9.80 Å². The highest BCUT2D eigenvalue weighted by Gasteiger charge is 2.36. The molecule has 1 fully saturated rings. The number of rotatable bonds is 12. The molecule has 0 saturated carbocycles. The minimum atomic E-state index is -1.36. The molecule has 1 N–H and O–H groups in total. The molecule has 0 bridgehead atoms. The van der Waals surface area contributed by atoms with Gasteiger partial charge in [0.15, 0.2) is 0 Å². The average molecular weight is 457 g/mol. The Balaban J connectivity index is 1.53. The molecule has 0 aromatic heterocycles. The fourth-order valence-corrected chi connectivity index (χ4v) is 3.83. The van der Waals surface area contributed by atoms with Crippen LogP contribution in [0.1, 0.15) is 30.9 Å². The number of aryl methyl sites for hydroxylation is 1. The lowest BCUT2D eigenvalue weighted by molar-refractivity contribution is -0.166. The summed E-state index contributed by atoms with van der Waals surface area (Å²) in [7, 11) is 1.27. The fourth-order valence-electron chi connectivity index (χ4n) is 3.83. The molecule has 0 aliphatic carbocycles. The van der Waals surface area contributed by atoms with Gasteiger partial charge >= 0.3 is 12.0 Å². The molecule has 1 aliphatic rings. The smallest absolute Gasteiger partial charge is 0.373 e. The molecule has 33 heavy (non-hydrogen) atoms. The van der Waals surface area contributed by atoms with E-state index in [0.29, 0.717) is 31.2 Å². The van der Waals surface area contributed by atoms with Crippen molar-refractivity contribution >= 4 is 12.0 Å². The number of urea groups is 1. The number of ether oxygens (including phenoxy) is 3. The van der Waals surface area contributed by atoms with E-state index >= 15 is 0 Å². The maximum Gasteiger partial charge on any atom is 0.373 e. The van der Waals surface area contributed by atoms with Crippen LogP contribution in [-0.4, -0.2) is 66.0 Å². The molecule has 8 nitrogen and oxygen atoms in total. The van der Waals surface area contributed by atoms with Crippen molar-refractivity contribution in [3.63, 3.8) is 0 Å². The van der Waals surface area contributed by atoms with Gasteiger partial charge in [-0.3, -0.25) is 0 Å². The first-order valence-corrected chi connectivity index (χ1v) is 11.2. The summed E-state index contributed by atoms with van der Waals surface area (Å²) in [6.07, 6.45) is 0.269. The van der Waals surface area contributed by atoms with Crippen molar-refractivity contribution in [3.8, 4) is 11.5 Å². The van der Waals surface area contributed by atoms with Crippen LogP contribution in [0.15, 0.2) is 48.5 Å². The van der Waals surface area contributed by atoms with Crippen LogP contribution in [0.2, 0.25) is 0 Å². The number of hydrogen-bond donors (Lipinski definition) is 1. The van der Waals surface area contributed by atoms with E-state index in [2.05, 4.69) is 38.1 Å². The SMILES string of the molecule is CCCN1C(=O)N(Cc2ccc(C)cc2)C[C@H]1CCOc1ccc(O[C@H](OC)C(=O)O)cc1. The number of aliphatic carboxylic acids is 1. The van der Waals surface area contributed by atoms with Crippen LogP contribution in [-0.2, 0) is 16.1 Å². The van der Waals surface area contributed by atoms with Gasteiger partial charge in [-0.2, -0.15) is 0 Å². The van der Waals surface area contributed by atoms with E-state index in [1.54, 1.807) is 24.3 Å². The van der Waals surface area contributed by atoms with Gasteiger partial charge < -0.3 is 29.1 Å². The normalized spacial score (nSPS) is 16.7. The molecular formula is C25H32N2O6. The molecule has 3 rings (SSSR count). The van der Waals surface area contributed by atoms with E-state index in [4.69, 9.17) is 19.3 Å². The number of carbonyl (C=O) groups excluding carboxylic acids is 1. The van der Waals surface area contributed by atoms with Gasteiger partial charge in [0.05, 0.1) is 12.6 Å². The lowest BCUT2D eigenvalue weighted by atomic mass is 10.1. The topological polar surface area (TPSA) is 88.5 Å². The van der Waals surface area contributed by atoms with Crippen molar-refractivity contribution in [3.05, 3.63) is 59.7 Å². The maximum absolute atomic E-state index is 13.0. The van der Waals surface area contributed by atoms with E-state index < -0.39 is 12.3 Å². The van der Waals surface area contributed by atoms with Crippen molar-refractivity contribution in [2.45, 2.75) is 45.6 Å². The van der Waals surface area contributed by atoms with Crippen LogP contribution in [0.3, 0.4) is 0 Å². The van der Waals surface area contributed by atoms with Gasteiger partial charge in [-0.1, -0.05) is 36.8 Å². The van der Waals surface area contributed by atoms with Gasteiger partial charge in [0.1, 0.15) is 11.5 Å². The number of methoxy groups -OCH3 is 1. The third kappa shape index (κ3) is 6.61. The third-order valence-electron chi connectivity index (χ3n) is 5.55. The second-order valence-electron chi connectivity index (χ2n) is 8.13. The monoisotopic (exact) mass is 456 g/mol. The Bertz CT molecular complexity index is 915. The van der Waals surface area contributed by atoms with E-state index in [0.717, 1.165) is 24.9 Å². The van der Waals surface area contributed by atoms with Crippen molar-refractivity contribution in [1.29, 1.82) is 0 Å². The first-order valence-electron chi connectivity index (χ1n) is 11.2. The Morgan fingerprint density at radius 3 is 2.39 bits per heavy atom. The van der Waals surface area contributed by atoms with Crippen LogP contribution in [0.4, 0.5) is 4.79 Å². The van der Waals surface area contributed by atoms with Crippen LogP contribution in [0.25, 0.3) is 0 Å². The summed E-state index contributed by atoms with van der Waals surface area (Å²) in [6.45, 7) is 6.60. The number of carbonyl (C=O) groups is 2. The van der Waals surface area contributed by atoms with Crippen molar-refractivity contribution in [2.75, 3.05) is 26.8 Å². The predicted molar refractivity (Wildman–Crippen MR) is 123 cm³/mol. The molecule has 8 heteroatoms. The Kier molecular flexibility index (Phi) is 8.54. The number of hydrogen-bond acceptors (Lipinski definition) is 5. The van der Waals surface area contributed by atoms with Gasteiger partial charge in [0.2, 0.25) is 0 Å². The van der Waals surface area contributed by atoms with Gasteiger partial charge in [-0.05, 0) is 43.2 Å². The number of benzene rings is 2. The van der Waals surface area contributed by atoms with Crippen LogP contribution in [0, 0.1) is 6.92 Å². The lowest BCUT2D eigenvalue weighted by Crippen LogP contribution is -2.36. The molecule has 2 amide bonds. The first-order chi connectivity index (χ1) is 15.9. The minimum absolute atomic E-state index is 0.0788. The summed E-state index contributed by atoms with van der Waals surface area (Å²) in [6, 6.07) is 15.2. The highest BCUT2D eigenvalue weighted by Crippen LogP contribution is 2.23. The van der Waals surface area contributed by atoms with Crippen LogP contribution < -0.4 is 9.47 Å². The number of amides is 2. The molecule has 178 valence electrons. The zero-order chi connectivity index (χ0) is 23.8. The lowest BCUT2D eigenvalue weighted by Gasteiger charge is -2.22. The van der Waals surface area contributed by atoms with Gasteiger partial charge in [-0.15, -0.1) is 0 Å². The fraction of sp³-hybridized carbons (Fsp3) is 0.440. The summed E-state index contributed by atoms with van der Waals surface area (Å²) in [5, 5.41) is 8.99. The largest absolute Gasteiger partial charge is 0.494 e. The van der Waals surface area contributed by atoms with E-state index in [1.165, 1.54) is 12.7 Å². The average Bonchev–Trinajstić information content (AvgIpc) is 3.09. The van der Waals surface area contributed by atoms with Gasteiger partial charge in [-0.25, -0.2) is 9.59 Å². The summed E-state index contributed by atoms with van der Waals surface area (Å²) in [5.74, 6) is -0.176. The summed E-state index contributed by atoms with van der Waals surface area (Å²) >= 11 is 0. The Morgan fingerprint density at radius 1 is 1.12 bits per heavy atom. The second-order valence-corrected chi connectivity index (χ2v) is 8.13. The predicted octanol–water partition coefficient (Wildman–Crippen LogP) is 3.92. The van der Waals surface area contributed by atoms with Crippen LogP contribution in [0.5, 0.6) is 11.5 Å². The number of carboxylic acids is 1. The number of nitrogens with zero attached hydrogens (tertiary/aromatic N) is 2. The standard InChI is InChI=1S/C25H32N2O6/c1-4-14-27-20(17-26(25(27)30)16-19-7-5-18(2)6-8-19)13-15-32-21-9-11-22(12-10-21)33-24(31-3)23(28)29/h5-12,20,24H,4,13-17H2,1-3H3,(H,28,29)/t20-,24+/m1/s1. The molecule has 2 aromatic carbocycles. The summed E-state index contributed by atoms with van der Waals surface area (Å²) < 4.78 is 15.9.